The molecule has 0 atom stereocenters. The number of halogens is 1. The Labute approximate surface area is 205 Å². The third kappa shape index (κ3) is 6.05. The molecule has 4 rings (SSSR count). The van der Waals surface area contributed by atoms with Gasteiger partial charge in [0.1, 0.15) is 0 Å². The first-order valence-electron chi connectivity index (χ1n) is 11.0. The van der Waals surface area contributed by atoms with Crippen molar-refractivity contribution in [3.8, 4) is 0 Å². The van der Waals surface area contributed by atoms with Gasteiger partial charge >= 0.3 is 0 Å². The molecule has 1 heterocycles. The van der Waals surface area contributed by atoms with E-state index in [9.17, 15) is 13.2 Å². The second-order valence-electron chi connectivity index (χ2n) is 8.02. The average Bonchev–Trinajstić information content (AvgIpc) is 2.86. The average molecular weight is 496 g/mol. The summed E-state index contributed by atoms with van der Waals surface area (Å²) < 4.78 is 28.2. The van der Waals surface area contributed by atoms with Crippen molar-refractivity contribution in [1.82, 2.24) is 9.80 Å². The first-order valence-corrected chi connectivity index (χ1v) is 12.9. The standard InChI is InChI=1S/C26H26ClN3O3S/c27-24-13-4-5-14-25(24)28-34(32,33)23-12-6-11-22(20-23)26(31)30-18-16-29(17-19-30)15-7-10-21-8-2-1-3-9-21/h1-14,20,28H,15-19H2/b10-7+. The SMILES string of the molecule is O=C(c1cccc(S(=O)(=O)Nc2ccccc2Cl)c1)N1CCN(C/C=C/c2ccccc2)CC1. The maximum absolute atomic E-state index is 13.1. The predicted molar refractivity (Wildman–Crippen MR) is 137 cm³/mol. The highest BCUT2D eigenvalue weighted by atomic mass is 35.5. The summed E-state index contributed by atoms with van der Waals surface area (Å²) in [5, 5.41) is 0.301. The molecule has 1 aliphatic heterocycles. The second kappa shape index (κ2) is 10.9. The van der Waals surface area contributed by atoms with E-state index in [2.05, 4.69) is 33.9 Å². The third-order valence-corrected chi connectivity index (χ3v) is 7.34. The Kier molecular flexibility index (Phi) is 7.67. The summed E-state index contributed by atoms with van der Waals surface area (Å²) in [6.07, 6.45) is 4.23. The van der Waals surface area contributed by atoms with Crippen LogP contribution in [0.25, 0.3) is 6.08 Å². The van der Waals surface area contributed by atoms with Crippen molar-refractivity contribution in [2.24, 2.45) is 0 Å². The summed E-state index contributed by atoms with van der Waals surface area (Å²) in [4.78, 5) is 17.1. The van der Waals surface area contributed by atoms with Gasteiger partial charge in [-0.25, -0.2) is 8.42 Å². The predicted octanol–water partition coefficient (Wildman–Crippen LogP) is 4.61. The van der Waals surface area contributed by atoms with Crippen molar-refractivity contribution in [2.75, 3.05) is 37.4 Å². The molecule has 3 aromatic rings. The molecule has 0 bridgehead atoms. The van der Waals surface area contributed by atoms with Crippen molar-refractivity contribution < 1.29 is 13.2 Å². The molecule has 8 heteroatoms. The normalized spacial score (nSPS) is 14.9. The largest absolute Gasteiger partial charge is 0.336 e. The highest BCUT2D eigenvalue weighted by Gasteiger charge is 2.23. The number of para-hydroxylation sites is 1. The van der Waals surface area contributed by atoms with Crippen LogP contribution >= 0.6 is 11.6 Å². The first-order chi connectivity index (χ1) is 16.4. The monoisotopic (exact) mass is 495 g/mol. The van der Waals surface area contributed by atoms with Crippen molar-refractivity contribution in [3.63, 3.8) is 0 Å². The van der Waals surface area contributed by atoms with Gasteiger partial charge in [0.2, 0.25) is 0 Å². The maximum Gasteiger partial charge on any atom is 0.261 e. The summed E-state index contributed by atoms with van der Waals surface area (Å²) >= 11 is 6.08. The zero-order valence-corrected chi connectivity index (χ0v) is 20.2. The Morgan fingerprint density at radius 2 is 1.62 bits per heavy atom. The van der Waals surface area contributed by atoms with E-state index in [0.717, 1.165) is 25.2 Å². The summed E-state index contributed by atoms with van der Waals surface area (Å²) in [5.74, 6) is -0.172. The van der Waals surface area contributed by atoms with E-state index in [1.165, 1.54) is 12.1 Å². The number of piperazine rings is 1. The molecule has 0 unspecified atom stereocenters. The van der Waals surface area contributed by atoms with E-state index in [0.29, 0.717) is 29.4 Å². The molecule has 176 valence electrons. The van der Waals surface area contributed by atoms with Crippen molar-refractivity contribution in [3.05, 3.63) is 101 Å². The number of sulfonamides is 1. The van der Waals surface area contributed by atoms with Crippen LogP contribution in [0.1, 0.15) is 15.9 Å². The molecule has 0 aromatic heterocycles. The minimum absolute atomic E-state index is 0.0166. The van der Waals surface area contributed by atoms with Crippen LogP contribution in [-0.2, 0) is 10.0 Å². The fourth-order valence-electron chi connectivity index (χ4n) is 3.76. The molecular weight excluding hydrogens is 470 g/mol. The number of anilines is 1. The quantitative estimate of drug-likeness (QED) is 0.519. The van der Waals surface area contributed by atoms with Gasteiger partial charge in [-0.1, -0.05) is 72.3 Å². The van der Waals surface area contributed by atoms with E-state index < -0.39 is 10.0 Å². The Hall–Kier alpha value is -3.13. The molecule has 0 saturated carbocycles. The Morgan fingerprint density at radius 1 is 0.912 bits per heavy atom. The van der Waals surface area contributed by atoms with Crippen LogP contribution in [0.3, 0.4) is 0 Å². The molecule has 1 fully saturated rings. The number of amides is 1. The van der Waals surface area contributed by atoms with Gasteiger partial charge in [0, 0.05) is 38.3 Å². The van der Waals surface area contributed by atoms with E-state index in [-0.39, 0.29) is 10.8 Å². The third-order valence-electron chi connectivity index (χ3n) is 5.64. The maximum atomic E-state index is 13.1. The lowest BCUT2D eigenvalue weighted by Crippen LogP contribution is -2.48. The molecular formula is C26H26ClN3O3S. The van der Waals surface area contributed by atoms with Gasteiger partial charge in [-0.3, -0.25) is 14.4 Å². The fourth-order valence-corrected chi connectivity index (χ4v) is 5.13. The number of hydrogen-bond acceptors (Lipinski definition) is 4. The minimum Gasteiger partial charge on any atom is -0.336 e. The lowest BCUT2D eigenvalue weighted by Gasteiger charge is -2.34. The van der Waals surface area contributed by atoms with E-state index in [1.54, 1.807) is 41.3 Å². The number of nitrogens with one attached hydrogen (secondary N) is 1. The smallest absolute Gasteiger partial charge is 0.261 e. The van der Waals surface area contributed by atoms with Crippen LogP contribution in [0.15, 0.2) is 89.8 Å². The van der Waals surface area contributed by atoms with Gasteiger partial charge in [0.15, 0.2) is 0 Å². The summed E-state index contributed by atoms with van der Waals surface area (Å²) in [6, 6.07) is 22.9. The van der Waals surface area contributed by atoms with E-state index in [1.807, 2.05) is 18.2 Å². The van der Waals surface area contributed by atoms with Crippen LogP contribution < -0.4 is 4.72 Å². The topological polar surface area (TPSA) is 69.7 Å². The Bertz CT molecular complexity index is 1270. The van der Waals surface area contributed by atoms with Crippen LogP contribution in [0, 0.1) is 0 Å². The highest BCUT2D eigenvalue weighted by molar-refractivity contribution is 7.92. The van der Waals surface area contributed by atoms with Gasteiger partial charge in [-0.2, -0.15) is 0 Å². The lowest BCUT2D eigenvalue weighted by molar-refractivity contribution is 0.0650. The Balaban J connectivity index is 1.36. The summed E-state index contributed by atoms with van der Waals surface area (Å²) in [5.41, 5.74) is 1.80. The highest BCUT2D eigenvalue weighted by Crippen LogP contribution is 2.24. The fraction of sp³-hybridized carbons (Fsp3) is 0.192. The molecule has 6 nitrogen and oxygen atoms in total. The molecule has 1 saturated heterocycles. The van der Waals surface area contributed by atoms with Crippen LogP contribution in [0.4, 0.5) is 5.69 Å². The molecule has 0 radical (unpaired) electrons. The molecule has 1 N–H and O–H groups in total. The van der Waals surface area contributed by atoms with Crippen molar-refractivity contribution >= 4 is 39.3 Å². The number of carbonyl (C=O) groups excluding carboxylic acids is 1. The van der Waals surface area contributed by atoms with Crippen LogP contribution in [0.5, 0.6) is 0 Å². The van der Waals surface area contributed by atoms with Gasteiger partial charge in [-0.15, -0.1) is 0 Å². The molecule has 0 spiro atoms. The van der Waals surface area contributed by atoms with Crippen molar-refractivity contribution in [1.29, 1.82) is 0 Å². The number of rotatable bonds is 7. The van der Waals surface area contributed by atoms with Gasteiger partial charge < -0.3 is 4.90 Å². The molecule has 1 amide bonds. The molecule has 1 aliphatic rings. The lowest BCUT2D eigenvalue weighted by atomic mass is 10.1. The van der Waals surface area contributed by atoms with Gasteiger partial charge in [0.25, 0.3) is 15.9 Å². The van der Waals surface area contributed by atoms with E-state index in [4.69, 9.17) is 11.6 Å². The minimum atomic E-state index is -3.89. The summed E-state index contributed by atoms with van der Waals surface area (Å²) in [6.45, 7) is 3.52. The summed E-state index contributed by atoms with van der Waals surface area (Å²) in [7, 11) is -3.89. The van der Waals surface area contributed by atoms with E-state index >= 15 is 0 Å². The number of hydrogen-bond donors (Lipinski definition) is 1. The first kappa shape index (κ1) is 24.0. The van der Waals surface area contributed by atoms with Crippen LogP contribution in [0.2, 0.25) is 5.02 Å². The number of benzene rings is 3. The zero-order chi connectivity index (χ0) is 24.0. The van der Waals surface area contributed by atoms with Gasteiger partial charge in [0.05, 0.1) is 15.6 Å². The molecule has 34 heavy (non-hydrogen) atoms. The number of carbonyl (C=O) groups is 1. The zero-order valence-electron chi connectivity index (χ0n) is 18.6. The molecule has 0 aliphatic carbocycles. The van der Waals surface area contributed by atoms with Crippen molar-refractivity contribution in [2.45, 2.75) is 4.90 Å². The Morgan fingerprint density at radius 3 is 2.35 bits per heavy atom. The van der Waals surface area contributed by atoms with Gasteiger partial charge in [-0.05, 0) is 35.9 Å². The van der Waals surface area contributed by atoms with Crippen LogP contribution in [-0.4, -0.2) is 56.8 Å². The molecule has 3 aromatic carbocycles. The number of nitrogens with zero attached hydrogens (tertiary/aromatic N) is 2. The second-order valence-corrected chi connectivity index (χ2v) is 10.1.